The summed E-state index contributed by atoms with van der Waals surface area (Å²) in [6, 6.07) is 0. The van der Waals surface area contributed by atoms with E-state index < -0.39 is 0 Å². The van der Waals surface area contributed by atoms with Crippen molar-refractivity contribution in [3.63, 3.8) is 0 Å². The fourth-order valence-corrected chi connectivity index (χ4v) is 0. The molecule has 3 radical (unpaired) electrons. The van der Waals surface area contributed by atoms with Crippen molar-refractivity contribution in [1.82, 2.24) is 0 Å². The number of hydrogen-bond acceptors (Lipinski definition) is 1. The minimum Gasteiger partial charge on any atom is -2.00 e. The second-order valence-corrected chi connectivity index (χ2v) is 0. The van der Waals surface area contributed by atoms with Gasteiger partial charge < -0.3 is 11.0 Å². The summed E-state index contributed by atoms with van der Waals surface area (Å²) in [5, 5.41) is 0. The van der Waals surface area contributed by atoms with Gasteiger partial charge in [0.15, 0.2) is 0 Å². The van der Waals surface area contributed by atoms with Crippen molar-refractivity contribution < 1.29 is 96.4 Å². The molecule has 0 bridgehead atoms. The molecule has 0 heterocycles. The van der Waals surface area contributed by atoms with E-state index in [9.17, 15) is 0 Å². The first-order valence-corrected chi connectivity index (χ1v) is 0. The summed E-state index contributed by atoms with van der Waals surface area (Å²) >= 11 is 0. The van der Waals surface area contributed by atoms with Crippen molar-refractivity contribution in [3.8, 4) is 0 Å². The molecule has 0 fully saturated rings. The van der Waals surface area contributed by atoms with Crippen molar-refractivity contribution in [3.05, 3.63) is 0 Å². The zero-order chi connectivity index (χ0) is 0. The van der Waals surface area contributed by atoms with E-state index in [1.807, 2.05) is 0 Å². The van der Waals surface area contributed by atoms with Gasteiger partial charge in [0.25, 0.3) is 0 Å². The third kappa shape index (κ3) is 45.3. The van der Waals surface area contributed by atoms with Gasteiger partial charge in [0.05, 0.1) is 0 Å². The summed E-state index contributed by atoms with van der Waals surface area (Å²) in [5.74, 6) is 0. The van der Waals surface area contributed by atoms with Gasteiger partial charge in [0.2, 0.25) is 0 Å². The molecule has 0 amide bonds. The first kappa shape index (κ1) is 78.0. The average Bonchev–Trinajstić information content (AvgIpc) is 0. The molecule has 0 aliphatic rings. The Balaban J connectivity index is 0. The molecule has 2 nitrogen and oxygen atoms in total. The van der Waals surface area contributed by atoms with Crippen LogP contribution >= 0.6 is 0 Å². The Morgan fingerprint density at radius 1 is 1.00 bits per heavy atom. The summed E-state index contributed by atoms with van der Waals surface area (Å²) in [7, 11) is 0. The molecular weight excluding hydrogens is 375 g/mol. The smallest absolute Gasteiger partial charge is 2.00 e. The maximum absolute atomic E-state index is 0. The van der Waals surface area contributed by atoms with Crippen LogP contribution in [0.5, 0.6) is 0 Å². The third-order valence-corrected chi connectivity index (χ3v) is 0. The molecule has 0 spiro atoms. The van der Waals surface area contributed by atoms with E-state index in [0.717, 1.165) is 0 Å². The van der Waals surface area contributed by atoms with E-state index in [1.54, 1.807) is 0 Å². The van der Waals surface area contributed by atoms with Crippen LogP contribution in [0, 0.1) is 0 Å². The number of hydrogen-bond donors (Lipinski definition) is 0. The van der Waals surface area contributed by atoms with Crippen molar-refractivity contribution >= 4 is 62.2 Å². The predicted molar refractivity (Wildman–Crippen MR) is 14.1 cm³/mol. The molecule has 0 aromatic rings. The van der Waals surface area contributed by atoms with E-state index in [0.29, 0.717) is 0 Å². The van der Waals surface area contributed by atoms with Crippen LogP contribution < -0.4 is 29.6 Å². The maximum atomic E-state index is 0. The van der Waals surface area contributed by atoms with Crippen LogP contribution in [0.15, 0.2) is 0 Å². The van der Waals surface area contributed by atoms with Crippen LogP contribution in [-0.4, -0.2) is 67.6 Å². The van der Waals surface area contributed by atoms with Crippen molar-refractivity contribution in [2.75, 3.05) is 0 Å². The predicted octanol–water partition coefficient (Wildman–Crippen LogP) is -4.06. The molecule has 0 aromatic carbocycles. The Morgan fingerprint density at radius 2 is 1.00 bits per heavy atom. The molecule has 1 N–H and O–H groups in total. The zero-order valence-corrected chi connectivity index (χ0v) is 14.8. The maximum Gasteiger partial charge on any atom is 4.00 e. The Morgan fingerprint density at radius 3 is 1.00 bits per heavy atom. The van der Waals surface area contributed by atoms with Crippen LogP contribution in [0.1, 0.15) is 0 Å². The largest absolute Gasteiger partial charge is 4.00 e. The van der Waals surface area contributed by atoms with Crippen LogP contribution in [-0.2, 0) is 61.3 Å². The fourth-order valence-electron chi connectivity index (χ4n) is 0. The quantitative estimate of drug-likeness (QED) is 0.397. The Kier molecular flexibility index (Phi) is 587. The van der Waals surface area contributed by atoms with Gasteiger partial charge in [-0.3, -0.25) is 0 Å². The minimum atomic E-state index is 0. The summed E-state index contributed by atoms with van der Waals surface area (Å²) in [6.45, 7) is 0. The molecule has 0 aromatic heterocycles. The minimum absolute atomic E-state index is 0. The van der Waals surface area contributed by atoms with Gasteiger partial charge in [-0.1, -0.05) is 0 Å². The molecule has 0 saturated carbocycles. The molecule has 8 heteroatoms. The van der Waals surface area contributed by atoms with Gasteiger partial charge in [0.1, 0.15) is 0 Å². The Hall–Kier alpha value is 4.75. The van der Waals surface area contributed by atoms with Gasteiger partial charge >= 0.3 is 148 Å². The zero-order valence-electron chi connectivity index (χ0n) is 4.24. The van der Waals surface area contributed by atoms with Gasteiger partial charge in [-0.25, -0.2) is 0 Å². The summed E-state index contributed by atoms with van der Waals surface area (Å²) < 4.78 is 0. The molecule has 0 rings (SSSR count). The van der Waals surface area contributed by atoms with Crippen LogP contribution in [0.4, 0.5) is 0 Å². The van der Waals surface area contributed by atoms with Crippen LogP contribution in [0.25, 0.3) is 0 Å². The molecular formula is HCaFeMnNaO2SbTi+11. The van der Waals surface area contributed by atoms with Crippen molar-refractivity contribution in [2.45, 2.75) is 0 Å². The molecule has 0 aliphatic heterocycles. The molecule has 0 saturated heterocycles. The topological polar surface area (TPSA) is 58.5 Å². The van der Waals surface area contributed by atoms with E-state index in [1.165, 1.54) is 0 Å². The first-order chi connectivity index (χ1) is 0. The SMILES string of the molecule is [Ca+2].[Fe+2].[Mn+2].[Na+].[O-2].[OH-].[Sb+3].[Ti+4]. The first-order valence-electron chi connectivity index (χ1n) is 0. The molecule has 0 aliphatic carbocycles. The van der Waals surface area contributed by atoms with Crippen molar-refractivity contribution in [1.29, 1.82) is 0 Å². The van der Waals surface area contributed by atoms with E-state index in [2.05, 4.69) is 0 Å². The Bertz CT molecular complexity index is 22.0. The van der Waals surface area contributed by atoms with E-state index in [-0.39, 0.29) is 159 Å². The van der Waals surface area contributed by atoms with E-state index >= 15 is 0 Å². The van der Waals surface area contributed by atoms with Gasteiger partial charge in [-0.05, 0) is 0 Å². The van der Waals surface area contributed by atoms with Gasteiger partial charge in [-0.2, -0.15) is 0 Å². The van der Waals surface area contributed by atoms with Crippen LogP contribution in [0.2, 0.25) is 0 Å². The Labute approximate surface area is 155 Å². The monoisotopic (exact) mass is 376 g/mol. The second-order valence-electron chi connectivity index (χ2n) is 0. The van der Waals surface area contributed by atoms with Crippen LogP contribution in [0.3, 0.4) is 0 Å². The standard InChI is InChI=1S/Ca.Fe.Mn.Na.H2O.O.Sb.Ti/h;;;;1H2;;;/q3*+2;+1;;-2;+3;+4/p-1. The third-order valence-electron chi connectivity index (χ3n) is 0. The normalized spacial score (nSPS) is 0. The van der Waals surface area contributed by atoms with E-state index in [4.69, 9.17) is 0 Å². The average molecular weight is 376 g/mol. The molecule has 0 unspecified atom stereocenters. The molecule has 8 heavy (non-hydrogen) atoms. The summed E-state index contributed by atoms with van der Waals surface area (Å²) in [6.07, 6.45) is 0. The fraction of sp³-hybridized carbons (Fsp3) is 0. The van der Waals surface area contributed by atoms with Gasteiger partial charge in [-0.15, -0.1) is 0 Å². The van der Waals surface area contributed by atoms with Gasteiger partial charge in [0, 0.05) is 0 Å². The number of rotatable bonds is 0. The van der Waals surface area contributed by atoms with Crippen molar-refractivity contribution in [2.24, 2.45) is 0 Å². The molecule has 0 atom stereocenters. The molecule has 29 valence electrons. The second kappa shape index (κ2) is 60.2. The summed E-state index contributed by atoms with van der Waals surface area (Å²) in [4.78, 5) is 0. The summed E-state index contributed by atoms with van der Waals surface area (Å²) in [5.41, 5.74) is 0.